The quantitative estimate of drug-likeness (QED) is 0.426. The molecule has 2 amide bonds. The average molecular weight is 510 g/mol. The molecule has 1 aliphatic rings. The number of hydrogen-bond donors (Lipinski definition) is 2. The molecule has 0 radical (unpaired) electrons. The van der Waals surface area contributed by atoms with Crippen LogP contribution in [0.2, 0.25) is 0 Å². The zero-order valence-electron chi connectivity index (χ0n) is 20.5. The van der Waals surface area contributed by atoms with Gasteiger partial charge in [-0.05, 0) is 42.7 Å². The molecule has 0 unspecified atom stereocenters. The van der Waals surface area contributed by atoms with Crippen LogP contribution < -0.4 is 24.8 Å². The number of nitrogens with zero attached hydrogens (tertiary/aromatic N) is 1. The van der Waals surface area contributed by atoms with Crippen molar-refractivity contribution in [1.29, 1.82) is 0 Å². The maximum atomic E-state index is 12.9. The Kier molecular flexibility index (Phi) is 8.78. The second-order valence-corrected chi connectivity index (χ2v) is 9.57. The van der Waals surface area contributed by atoms with E-state index in [1.807, 2.05) is 48.5 Å². The molecule has 2 N–H and O–H groups in total. The summed E-state index contributed by atoms with van der Waals surface area (Å²) in [5.74, 6) is 1.72. The molecule has 190 valence electrons. The molecule has 1 heterocycles. The molecular formula is C27H31N3O5S. The van der Waals surface area contributed by atoms with Gasteiger partial charge >= 0.3 is 0 Å². The minimum Gasteiger partial charge on any atom is -0.497 e. The number of benzene rings is 2. The van der Waals surface area contributed by atoms with Crippen LogP contribution >= 0.6 is 11.3 Å². The molecule has 36 heavy (non-hydrogen) atoms. The Morgan fingerprint density at radius 3 is 2.33 bits per heavy atom. The number of amides is 2. The summed E-state index contributed by atoms with van der Waals surface area (Å²) in [6, 6.07) is 14.6. The standard InChI is InChI=1S/C27H31N3O5S/c1-33-19-13-11-18(12-14-19)15-25(31)28-20-7-3-4-8-21(20)30-27(32)22-17-36-26(29-22)16-35-24-10-6-5-9-23(24)34-2/h5-6,9-14,17,20-21H,3-4,7-8,15-16H2,1-2H3,(H,28,31)(H,30,32)/t20-,21-/m1/s1. The van der Waals surface area contributed by atoms with Crippen molar-refractivity contribution in [3.8, 4) is 17.2 Å². The van der Waals surface area contributed by atoms with Crippen LogP contribution in [-0.4, -0.2) is 43.1 Å². The summed E-state index contributed by atoms with van der Waals surface area (Å²) in [7, 11) is 3.20. The lowest BCUT2D eigenvalue weighted by Crippen LogP contribution is -2.53. The number of thiazole rings is 1. The second-order valence-electron chi connectivity index (χ2n) is 8.63. The zero-order valence-corrected chi connectivity index (χ0v) is 21.3. The van der Waals surface area contributed by atoms with Gasteiger partial charge in [-0.1, -0.05) is 37.1 Å². The maximum absolute atomic E-state index is 12.9. The van der Waals surface area contributed by atoms with Gasteiger partial charge in [-0.25, -0.2) is 4.98 Å². The van der Waals surface area contributed by atoms with Crippen LogP contribution in [0.1, 0.15) is 46.7 Å². The first-order valence-electron chi connectivity index (χ1n) is 12.0. The summed E-state index contributed by atoms with van der Waals surface area (Å²) < 4.78 is 16.3. The topological polar surface area (TPSA) is 98.8 Å². The number of hydrogen-bond acceptors (Lipinski definition) is 7. The average Bonchev–Trinajstić information content (AvgIpc) is 3.38. The maximum Gasteiger partial charge on any atom is 0.271 e. The van der Waals surface area contributed by atoms with Gasteiger partial charge in [0.2, 0.25) is 5.91 Å². The van der Waals surface area contributed by atoms with Crippen molar-refractivity contribution in [1.82, 2.24) is 15.6 Å². The first-order valence-corrected chi connectivity index (χ1v) is 12.9. The van der Waals surface area contributed by atoms with Gasteiger partial charge in [0.1, 0.15) is 23.1 Å². The monoisotopic (exact) mass is 509 g/mol. The second kappa shape index (κ2) is 12.4. The molecule has 8 nitrogen and oxygen atoms in total. The van der Waals surface area contributed by atoms with E-state index in [9.17, 15) is 9.59 Å². The fraction of sp³-hybridized carbons (Fsp3) is 0.370. The largest absolute Gasteiger partial charge is 0.497 e. The van der Waals surface area contributed by atoms with Crippen LogP contribution in [0.15, 0.2) is 53.9 Å². The molecule has 3 aromatic rings. The van der Waals surface area contributed by atoms with Crippen molar-refractivity contribution in [2.24, 2.45) is 0 Å². The van der Waals surface area contributed by atoms with E-state index in [2.05, 4.69) is 15.6 Å². The highest BCUT2D eigenvalue weighted by atomic mass is 32.1. The van der Waals surface area contributed by atoms with Gasteiger partial charge < -0.3 is 24.8 Å². The van der Waals surface area contributed by atoms with Crippen molar-refractivity contribution >= 4 is 23.2 Å². The van der Waals surface area contributed by atoms with E-state index in [0.29, 0.717) is 22.2 Å². The number of ether oxygens (including phenoxy) is 3. The van der Waals surface area contributed by atoms with Crippen molar-refractivity contribution in [2.75, 3.05) is 14.2 Å². The Balaban J connectivity index is 1.31. The van der Waals surface area contributed by atoms with E-state index in [0.717, 1.165) is 37.0 Å². The van der Waals surface area contributed by atoms with Crippen LogP contribution in [0.3, 0.4) is 0 Å². The first-order chi connectivity index (χ1) is 17.6. The third-order valence-electron chi connectivity index (χ3n) is 6.16. The van der Waals surface area contributed by atoms with Gasteiger partial charge in [0, 0.05) is 17.5 Å². The molecule has 4 rings (SSSR count). The number of nitrogens with one attached hydrogen (secondary N) is 2. The minimum absolute atomic E-state index is 0.0595. The summed E-state index contributed by atoms with van der Waals surface area (Å²) in [5.41, 5.74) is 1.27. The zero-order chi connectivity index (χ0) is 25.3. The molecule has 2 aromatic carbocycles. The predicted molar refractivity (Wildman–Crippen MR) is 138 cm³/mol. The van der Waals surface area contributed by atoms with Crippen LogP contribution in [-0.2, 0) is 17.8 Å². The van der Waals surface area contributed by atoms with E-state index in [1.165, 1.54) is 11.3 Å². The third-order valence-corrected chi connectivity index (χ3v) is 6.98. The van der Waals surface area contributed by atoms with Crippen molar-refractivity contribution in [2.45, 2.75) is 50.8 Å². The van der Waals surface area contributed by atoms with E-state index < -0.39 is 0 Å². The summed E-state index contributed by atoms with van der Waals surface area (Å²) in [6.45, 7) is 0.242. The lowest BCUT2D eigenvalue weighted by atomic mass is 9.90. The fourth-order valence-corrected chi connectivity index (χ4v) is 4.95. The van der Waals surface area contributed by atoms with Gasteiger partial charge in [-0.2, -0.15) is 0 Å². The van der Waals surface area contributed by atoms with E-state index in [1.54, 1.807) is 19.6 Å². The van der Waals surface area contributed by atoms with Crippen molar-refractivity contribution in [3.05, 3.63) is 70.2 Å². The number of carbonyl (C=O) groups excluding carboxylic acids is 2. The molecule has 1 aromatic heterocycles. The van der Waals surface area contributed by atoms with Gasteiger partial charge in [-0.15, -0.1) is 11.3 Å². The lowest BCUT2D eigenvalue weighted by molar-refractivity contribution is -0.121. The Bertz CT molecular complexity index is 1160. The fourth-order valence-electron chi connectivity index (χ4n) is 4.26. The van der Waals surface area contributed by atoms with Gasteiger partial charge in [-0.3, -0.25) is 9.59 Å². The Morgan fingerprint density at radius 1 is 0.944 bits per heavy atom. The molecule has 1 fully saturated rings. The molecule has 1 aliphatic carbocycles. The number of carbonyl (C=O) groups is 2. The molecule has 0 spiro atoms. The smallest absolute Gasteiger partial charge is 0.271 e. The summed E-state index contributed by atoms with van der Waals surface area (Å²) in [5, 5.41) is 8.64. The van der Waals surface area contributed by atoms with Gasteiger partial charge in [0.05, 0.1) is 20.6 Å². The molecule has 2 atom stereocenters. The van der Waals surface area contributed by atoms with E-state index >= 15 is 0 Å². The van der Waals surface area contributed by atoms with E-state index in [-0.39, 0.29) is 36.9 Å². The Morgan fingerprint density at radius 2 is 1.64 bits per heavy atom. The van der Waals surface area contributed by atoms with Crippen LogP contribution in [0, 0.1) is 0 Å². The minimum atomic E-state index is -0.240. The van der Waals surface area contributed by atoms with Crippen LogP contribution in [0.4, 0.5) is 0 Å². The van der Waals surface area contributed by atoms with Crippen LogP contribution in [0.5, 0.6) is 17.2 Å². The van der Waals surface area contributed by atoms with Gasteiger partial charge in [0.25, 0.3) is 5.91 Å². The normalized spacial score (nSPS) is 17.2. The lowest BCUT2D eigenvalue weighted by Gasteiger charge is -2.32. The van der Waals surface area contributed by atoms with Crippen molar-refractivity contribution in [3.63, 3.8) is 0 Å². The Labute approximate surface area is 215 Å². The van der Waals surface area contributed by atoms with Crippen molar-refractivity contribution < 1.29 is 23.8 Å². The number of methoxy groups -OCH3 is 2. The van der Waals surface area contributed by atoms with Crippen LogP contribution in [0.25, 0.3) is 0 Å². The number of aromatic nitrogens is 1. The van der Waals surface area contributed by atoms with E-state index in [4.69, 9.17) is 14.2 Å². The molecule has 0 saturated heterocycles. The molecule has 0 bridgehead atoms. The summed E-state index contributed by atoms with van der Waals surface area (Å²) in [4.78, 5) is 30.1. The first kappa shape index (κ1) is 25.5. The summed E-state index contributed by atoms with van der Waals surface area (Å²) in [6.07, 6.45) is 3.94. The molecule has 0 aliphatic heterocycles. The predicted octanol–water partition coefficient (Wildman–Crippen LogP) is 4.14. The number of rotatable bonds is 10. The summed E-state index contributed by atoms with van der Waals surface area (Å²) >= 11 is 1.37. The SMILES string of the molecule is COc1ccc(CC(=O)N[C@@H]2CCCC[C@H]2NC(=O)c2csc(COc3ccccc3OC)n2)cc1. The molecule has 9 heteroatoms. The molecule has 1 saturated carbocycles. The Hall–Kier alpha value is -3.59. The highest BCUT2D eigenvalue weighted by Crippen LogP contribution is 2.27. The number of para-hydroxylation sites is 2. The highest BCUT2D eigenvalue weighted by molar-refractivity contribution is 7.09. The third kappa shape index (κ3) is 6.75. The highest BCUT2D eigenvalue weighted by Gasteiger charge is 2.28. The molecular weight excluding hydrogens is 478 g/mol. The van der Waals surface area contributed by atoms with Gasteiger partial charge in [0.15, 0.2) is 11.5 Å².